The van der Waals surface area contributed by atoms with Crippen LogP contribution in [-0.2, 0) is 14.3 Å². The first kappa shape index (κ1) is 22.5. The number of anilines is 2. The lowest BCUT2D eigenvalue weighted by Gasteiger charge is -2.35. The van der Waals surface area contributed by atoms with Gasteiger partial charge < -0.3 is 19.9 Å². The van der Waals surface area contributed by atoms with Crippen molar-refractivity contribution >= 4 is 29.2 Å². The number of benzene rings is 1. The summed E-state index contributed by atoms with van der Waals surface area (Å²) in [7, 11) is 3.46. The maximum absolute atomic E-state index is 13.1. The molecule has 0 aromatic heterocycles. The lowest BCUT2D eigenvalue weighted by Crippen LogP contribution is -2.49. The van der Waals surface area contributed by atoms with Gasteiger partial charge in [-0.05, 0) is 44.2 Å². The molecule has 1 saturated carbocycles. The summed E-state index contributed by atoms with van der Waals surface area (Å²) in [6.45, 7) is 3.36. The first-order valence-electron chi connectivity index (χ1n) is 11.4. The third-order valence-electron chi connectivity index (χ3n) is 6.81. The Labute approximate surface area is 189 Å². The zero-order valence-electron chi connectivity index (χ0n) is 19.0. The van der Waals surface area contributed by atoms with Crippen molar-refractivity contribution in [1.82, 2.24) is 14.7 Å². The van der Waals surface area contributed by atoms with E-state index in [1.807, 2.05) is 24.3 Å². The Morgan fingerprint density at radius 1 is 1.09 bits per heavy atom. The van der Waals surface area contributed by atoms with Crippen molar-refractivity contribution in [2.75, 3.05) is 63.8 Å². The summed E-state index contributed by atoms with van der Waals surface area (Å²) in [4.78, 5) is 45.2. The number of amides is 4. The van der Waals surface area contributed by atoms with Gasteiger partial charge in [0, 0.05) is 31.5 Å². The molecule has 1 aromatic carbocycles. The Hall–Kier alpha value is -2.65. The number of carbonyl (C=O) groups excluding carboxylic acids is 3. The van der Waals surface area contributed by atoms with Gasteiger partial charge in [0.05, 0.1) is 26.4 Å². The van der Waals surface area contributed by atoms with Crippen LogP contribution in [0, 0.1) is 0 Å². The van der Waals surface area contributed by atoms with Crippen LogP contribution in [0.5, 0.6) is 0 Å². The number of carbonyl (C=O) groups is 3. The molecule has 3 aliphatic rings. The van der Waals surface area contributed by atoms with E-state index in [-0.39, 0.29) is 31.1 Å². The second-order valence-corrected chi connectivity index (χ2v) is 9.02. The molecule has 1 spiro atoms. The number of hydrogen-bond donors (Lipinski definition) is 1. The summed E-state index contributed by atoms with van der Waals surface area (Å²) in [6.07, 6.45) is 4.45. The molecule has 1 aromatic rings. The quantitative estimate of drug-likeness (QED) is 0.677. The molecule has 2 aliphatic heterocycles. The third kappa shape index (κ3) is 4.45. The van der Waals surface area contributed by atoms with Gasteiger partial charge in [-0.25, -0.2) is 9.69 Å². The van der Waals surface area contributed by atoms with Crippen LogP contribution >= 0.6 is 0 Å². The van der Waals surface area contributed by atoms with Gasteiger partial charge in [-0.3, -0.25) is 14.5 Å². The molecule has 9 heteroatoms. The maximum Gasteiger partial charge on any atom is 0.328 e. The van der Waals surface area contributed by atoms with Crippen LogP contribution < -0.4 is 10.2 Å². The highest BCUT2D eigenvalue weighted by Crippen LogP contribution is 2.39. The van der Waals surface area contributed by atoms with E-state index in [1.165, 1.54) is 4.90 Å². The first-order chi connectivity index (χ1) is 15.4. The van der Waals surface area contributed by atoms with Gasteiger partial charge in [0.25, 0.3) is 5.91 Å². The topological polar surface area (TPSA) is 85.4 Å². The molecule has 9 nitrogen and oxygen atoms in total. The summed E-state index contributed by atoms with van der Waals surface area (Å²) >= 11 is 0. The molecule has 174 valence electrons. The molecule has 1 N–H and O–H groups in total. The van der Waals surface area contributed by atoms with Crippen LogP contribution in [0.4, 0.5) is 16.2 Å². The minimum atomic E-state index is -0.694. The summed E-state index contributed by atoms with van der Waals surface area (Å²) in [5, 5.41) is 2.89. The highest BCUT2D eigenvalue weighted by Gasteiger charge is 2.55. The minimum absolute atomic E-state index is 0.0823. The monoisotopic (exact) mass is 443 g/mol. The average Bonchev–Trinajstić information content (AvgIpc) is 2.97. The summed E-state index contributed by atoms with van der Waals surface area (Å²) < 4.78 is 5.38. The van der Waals surface area contributed by atoms with Crippen molar-refractivity contribution in [2.24, 2.45) is 0 Å². The van der Waals surface area contributed by atoms with Crippen molar-refractivity contribution < 1.29 is 19.1 Å². The fourth-order valence-electron chi connectivity index (χ4n) is 4.97. The number of imide groups is 1. The standard InChI is InChI=1S/C23H33N5O4/c1-25(17-28-21(30)23(26(2)22(28)31)10-4-3-5-11-23)16-20(29)24-18-6-8-19(9-7-18)27-12-14-32-15-13-27/h6-9H,3-5,10-17H2,1-2H3,(H,24,29). The normalized spacial score (nSPS) is 21.0. The van der Waals surface area contributed by atoms with E-state index in [1.54, 1.807) is 23.9 Å². The fraction of sp³-hybridized carbons (Fsp3) is 0.609. The molecule has 4 amide bonds. The van der Waals surface area contributed by atoms with Crippen LogP contribution in [0.15, 0.2) is 24.3 Å². The van der Waals surface area contributed by atoms with Gasteiger partial charge in [0.15, 0.2) is 0 Å². The van der Waals surface area contributed by atoms with Gasteiger partial charge in [0.1, 0.15) is 5.54 Å². The lowest BCUT2D eigenvalue weighted by atomic mass is 9.81. The Kier molecular flexibility index (Phi) is 6.66. The molecular formula is C23H33N5O4. The highest BCUT2D eigenvalue weighted by atomic mass is 16.5. The molecule has 3 fully saturated rings. The smallest absolute Gasteiger partial charge is 0.328 e. The second kappa shape index (κ2) is 9.46. The highest BCUT2D eigenvalue weighted by molar-refractivity contribution is 6.07. The third-order valence-corrected chi connectivity index (χ3v) is 6.81. The number of nitrogens with one attached hydrogen (secondary N) is 1. The Bertz CT molecular complexity index is 846. The fourth-order valence-corrected chi connectivity index (χ4v) is 4.97. The first-order valence-corrected chi connectivity index (χ1v) is 11.4. The van der Waals surface area contributed by atoms with E-state index >= 15 is 0 Å². The van der Waals surface area contributed by atoms with Crippen molar-refractivity contribution in [1.29, 1.82) is 0 Å². The maximum atomic E-state index is 13.1. The molecule has 0 bridgehead atoms. The van der Waals surface area contributed by atoms with Gasteiger partial charge in [0.2, 0.25) is 5.91 Å². The molecule has 2 heterocycles. The minimum Gasteiger partial charge on any atom is -0.378 e. The molecule has 0 radical (unpaired) electrons. The van der Waals surface area contributed by atoms with Crippen molar-refractivity contribution in [3.63, 3.8) is 0 Å². The lowest BCUT2D eigenvalue weighted by molar-refractivity contribution is -0.136. The Morgan fingerprint density at radius 2 is 1.75 bits per heavy atom. The van der Waals surface area contributed by atoms with Crippen LogP contribution in [0.3, 0.4) is 0 Å². The summed E-state index contributed by atoms with van der Waals surface area (Å²) in [5.74, 6) is -0.317. The second-order valence-electron chi connectivity index (χ2n) is 9.02. The van der Waals surface area contributed by atoms with Crippen LogP contribution in [0.2, 0.25) is 0 Å². The average molecular weight is 444 g/mol. The van der Waals surface area contributed by atoms with E-state index in [0.717, 1.165) is 69.8 Å². The number of hydrogen-bond acceptors (Lipinski definition) is 6. The zero-order valence-corrected chi connectivity index (χ0v) is 19.0. The molecule has 0 unspecified atom stereocenters. The van der Waals surface area contributed by atoms with Gasteiger partial charge in [-0.1, -0.05) is 19.3 Å². The van der Waals surface area contributed by atoms with Crippen molar-refractivity contribution in [3.8, 4) is 0 Å². The SMILES string of the molecule is CN(CC(=O)Nc1ccc(N2CCOCC2)cc1)CN1C(=O)N(C)C2(CCCCC2)C1=O. The van der Waals surface area contributed by atoms with E-state index in [9.17, 15) is 14.4 Å². The number of nitrogens with zero attached hydrogens (tertiary/aromatic N) is 4. The Morgan fingerprint density at radius 3 is 2.41 bits per heavy atom. The van der Waals surface area contributed by atoms with Crippen molar-refractivity contribution in [3.05, 3.63) is 24.3 Å². The number of ether oxygens (including phenoxy) is 1. The van der Waals surface area contributed by atoms with E-state index < -0.39 is 5.54 Å². The molecule has 32 heavy (non-hydrogen) atoms. The molecular weight excluding hydrogens is 410 g/mol. The van der Waals surface area contributed by atoms with Gasteiger partial charge in [-0.2, -0.15) is 0 Å². The van der Waals surface area contributed by atoms with Crippen LogP contribution in [-0.4, -0.2) is 91.7 Å². The molecule has 1 aliphatic carbocycles. The molecule has 4 rings (SSSR count). The van der Waals surface area contributed by atoms with Gasteiger partial charge in [-0.15, -0.1) is 0 Å². The van der Waals surface area contributed by atoms with E-state index in [2.05, 4.69) is 10.2 Å². The molecule has 2 saturated heterocycles. The number of morpholine rings is 1. The van der Waals surface area contributed by atoms with Crippen molar-refractivity contribution in [2.45, 2.75) is 37.6 Å². The van der Waals surface area contributed by atoms with Crippen LogP contribution in [0.1, 0.15) is 32.1 Å². The van der Waals surface area contributed by atoms with Gasteiger partial charge >= 0.3 is 6.03 Å². The van der Waals surface area contributed by atoms with Crippen LogP contribution in [0.25, 0.3) is 0 Å². The molecule has 0 atom stereocenters. The Balaban J connectivity index is 1.30. The largest absolute Gasteiger partial charge is 0.378 e. The predicted molar refractivity (Wildman–Crippen MR) is 121 cm³/mol. The number of likely N-dealkylation sites (N-methyl/N-ethyl adjacent to an activating group) is 2. The number of rotatable bonds is 6. The summed E-state index contributed by atoms with van der Waals surface area (Å²) in [6, 6.07) is 7.48. The summed E-state index contributed by atoms with van der Waals surface area (Å²) in [5.41, 5.74) is 1.13. The predicted octanol–water partition coefficient (Wildman–Crippen LogP) is 1.95. The zero-order chi connectivity index (χ0) is 22.7. The number of urea groups is 1. The van der Waals surface area contributed by atoms with E-state index in [4.69, 9.17) is 4.74 Å². The van der Waals surface area contributed by atoms with E-state index in [0.29, 0.717) is 0 Å².